The molecule has 1 aliphatic carbocycles. The first kappa shape index (κ1) is 28.6. The van der Waals surface area contributed by atoms with E-state index < -0.39 is 5.67 Å². The van der Waals surface area contributed by atoms with Crippen LogP contribution in [-0.2, 0) is 6.42 Å². The molecule has 0 atom stereocenters. The molecule has 1 saturated heterocycles. The van der Waals surface area contributed by atoms with E-state index in [9.17, 15) is 4.39 Å². The molecule has 5 nitrogen and oxygen atoms in total. The second-order valence-electron chi connectivity index (χ2n) is 9.24. The molecule has 4 rings (SSSR count). The molecule has 0 amide bonds. The summed E-state index contributed by atoms with van der Waals surface area (Å²) in [6.45, 7) is 3.55. The minimum Gasteiger partial charge on any atom is -0.490 e. The number of halogens is 3. The maximum Gasteiger partial charge on any atom is 0.234 e. The number of piperidine rings is 1. The van der Waals surface area contributed by atoms with Crippen LogP contribution in [0.1, 0.15) is 70.4 Å². The van der Waals surface area contributed by atoms with Crippen LogP contribution in [0, 0.1) is 0 Å². The van der Waals surface area contributed by atoms with E-state index in [0.29, 0.717) is 37.9 Å². The fraction of sp³-hybridized carbons (Fsp3) is 0.615. The lowest BCUT2D eigenvalue weighted by Gasteiger charge is -2.29. The number of nitrogens with one attached hydrogen (secondary N) is 1. The Hall–Kier alpha value is -1.63. The minimum atomic E-state index is -1.30. The normalized spacial score (nSPS) is 17.8. The highest BCUT2D eigenvalue weighted by Crippen LogP contribution is 2.31. The Morgan fingerprint density at radius 3 is 2.41 bits per heavy atom. The number of benzene rings is 1. The first-order valence-electron chi connectivity index (χ1n) is 12.3. The lowest BCUT2D eigenvalue weighted by Crippen LogP contribution is -2.42. The van der Waals surface area contributed by atoms with Crippen molar-refractivity contribution in [1.29, 1.82) is 0 Å². The largest absolute Gasteiger partial charge is 0.490 e. The molecular weight excluding hydrogens is 476 g/mol. The van der Waals surface area contributed by atoms with E-state index in [1.54, 1.807) is 0 Å². The smallest absolute Gasteiger partial charge is 0.234 e. The van der Waals surface area contributed by atoms with Gasteiger partial charge < -0.3 is 14.8 Å². The number of hydrogen-bond donors (Lipinski definition) is 1. The van der Waals surface area contributed by atoms with E-state index in [4.69, 9.17) is 9.47 Å². The van der Waals surface area contributed by atoms with Crippen LogP contribution in [-0.4, -0.2) is 41.7 Å². The second kappa shape index (κ2) is 14.1. The Morgan fingerprint density at radius 1 is 1.03 bits per heavy atom. The molecule has 2 aromatic rings. The molecular formula is C26H38Cl2FN3O2. The van der Waals surface area contributed by atoms with Crippen LogP contribution >= 0.6 is 24.8 Å². The summed E-state index contributed by atoms with van der Waals surface area (Å²) in [5.74, 6) is 1.30. The first-order valence-corrected chi connectivity index (χ1v) is 12.3. The van der Waals surface area contributed by atoms with Gasteiger partial charge in [0.15, 0.2) is 0 Å². The van der Waals surface area contributed by atoms with Gasteiger partial charge in [0.05, 0.1) is 11.8 Å². The molecule has 1 saturated carbocycles. The molecule has 0 radical (unpaired) electrons. The number of aromatic nitrogens is 2. The Bertz CT molecular complexity index is 858. The molecule has 2 heterocycles. The van der Waals surface area contributed by atoms with E-state index in [1.807, 2.05) is 18.2 Å². The van der Waals surface area contributed by atoms with Crippen LogP contribution in [0.2, 0.25) is 0 Å². The minimum absolute atomic E-state index is 0. The van der Waals surface area contributed by atoms with E-state index in [1.165, 1.54) is 19.3 Å². The van der Waals surface area contributed by atoms with Crippen LogP contribution in [0.4, 0.5) is 4.39 Å². The van der Waals surface area contributed by atoms with Gasteiger partial charge in [0.1, 0.15) is 18.0 Å². The van der Waals surface area contributed by atoms with Crippen molar-refractivity contribution in [2.45, 2.75) is 82.9 Å². The zero-order chi connectivity index (χ0) is 22.2. The summed E-state index contributed by atoms with van der Waals surface area (Å²) < 4.78 is 26.9. The zero-order valence-corrected chi connectivity index (χ0v) is 21.7. The molecule has 2 fully saturated rings. The van der Waals surface area contributed by atoms with Crippen LogP contribution in [0.5, 0.6) is 11.6 Å². The topological polar surface area (TPSA) is 56.3 Å². The lowest BCUT2D eigenvalue weighted by atomic mass is 9.95. The van der Waals surface area contributed by atoms with Crippen molar-refractivity contribution >= 4 is 24.8 Å². The third kappa shape index (κ3) is 7.96. The van der Waals surface area contributed by atoms with Gasteiger partial charge in [0.25, 0.3) is 0 Å². The van der Waals surface area contributed by atoms with Gasteiger partial charge >= 0.3 is 0 Å². The number of ether oxygens (including phenoxy) is 2. The van der Waals surface area contributed by atoms with Crippen LogP contribution < -0.4 is 14.8 Å². The van der Waals surface area contributed by atoms with Crippen molar-refractivity contribution in [3.63, 3.8) is 0 Å². The van der Waals surface area contributed by atoms with Crippen molar-refractivity contribution in [2.75, 3.05) is 19.7 Å². The molecule has 1 aliphatic heterocycles. The Morgan fingerprint density at radius 2 is 1.74 bits per heavy atom. The molecule has 8 heteroatoms. The van der Waals surface area contributed by atoms with Crippen LogP contribution in [0.15, 0.2) is 30.3 Å². The zero-order valence-electron chi connectivity index (χ0n) is 20.1. The maximum absolute atomic E-state index is 14.9. The SMILES string of the molecule is CCCCc1nnc(OCC2(F)CCNCC2)cc1-c1ccc(OC2CCCCC2)cc1.Cl.Cl. The predicted molar refractivity (Wildman–Crippen MR) is 140 cm³/mol. The molecule has 0 unspecified atom stereocenters. The summed E-state index contributed by atoms with van der Waals surface area (Å²) in [6.07, 6.45) is 10.4. The number of aryl methyl sites for hydroxylation is 1. The summed E-state index contributed by atoms with van der Waals surface area (Å²) in [5, 5.41) is 11.9. The number of alkyl halides is 1. The van der Waals surface area contributed by atoms with Gasteiger partial charge in [-0.1, -0.05) is 31.9 Å². The van der Waals surface area contributed by atoms with E-state index in [-0.39, 0.29) is 31.4 Å². The van der Waals surface area contributed by atoms with Crippen LogP contribution in [0.3, 0.4) is 0 Å². The van der Waals surface area contributed by atoms with Crippen molar-refractivity contribution in [3.05, 3.63) is 36.0 Å². The molecule has 1 N–H and O–H groups in total. The average molecular weight is 515 g/mol. The molecule has 0 spiro atoms. The average Bonchev–Trinajstić information content (AvgIpc) is 2.83. The maximum atomic E-state index is 14.9. The summed E-state index contributed by atoms with van der Waals surface area (Å²) in [6, 6.07) is 10.2. The summed E-state index contributed by atoms with van der Waals surface area (Å²) in [5.41, 5.74) is 1.72. The van der Waals surface area contributed by atoms with Gasteiger partial charge in [-0.15, -0.1) is 29.9 Å². The van der Waals surface area contributed by atoms with Gasteiger partial charge in [-0.2, -0.15) is 5.10 Å². The van der Waals surface area contributed by atoms with E-state index in [2.05, 4.69) is 34.6 Å². The predicted octanol–water partition coefficient (Wildman–Crippen LogP) is 6.51. The van der Waals surface area contributed by atoms with Gasteiger partial charge in [0, 0.05) is 11.6 Å². The fourth-order valence-corrected chi connectivity index (χ4v) is 4.56. The molecule has 34 heavy (non-hydrogen) atoms. The Labute approximate surface area is 215 Å². The molecule has 0 bridgehead atoms. The quantitative estimate of drug-likeness (QED) is 0.413. The van der Waals surface area contributed by atoms with Crippen molar-refractivity contribution in [3.8, 4) is 22.8 Å². The molecule has 1 aromatic heterocycles. The third-order valence-electron chi connectivity index (χ3n) is 6.61. The van der Waals surface area contributed by atoms with Crippen molar-refractivity contribution in [2.24, 2.45) is 0 Å². The molecule has 1 aromatic carbocycles. The Balaban J connectivity index is 0.00000204. The van der Waals surface area contributed by atoms with Gasteiger partial charge in [-0.25, -0.2) is 4.39 Å². The van der Waals surface area contributed by atoms with Crippen molar-refractivity contribution in [1.82, 2.24) is 15.5 Å². The number of nitrogens with zero attached hydrogens (tertiary/aromatic N) is 2. The molecule has 190 valence electrons. The standard InChI is InChI=1S/C26H36FN3O2.2ClH/c1-2-3-9-24-23(18-25(30-29-24)31-19-26(27)14-16-28-17-15-26)20-10-12-22(13-11-20)32-21-7-5-4-6-8-21;;/h10-13,18,21,28H,2-9,14-17,19H2,1H3;2*1H. The third-order valence-corrected chi connectivity index (χ3v) is 6.61. The summed E-state index contributed by atoms with van der Waals surface area (Å²) in [7, 11) is 0. The number of hydrogen-bond acceptors (Lipinski definition) is 5. The van der Waals surface area contributed by atoms with Crippen LogP contribution in [0.25, 0.3) is 11.1 Å². The van der Waals surface area contributed by atoms with Gasteiger partial charge in [-0.3, -0.25) is 0 Å². The monoisotopic (exact) mass is 513 g/mol. The lowest BCUT2D eigenvalue weighted by molar-refractivity contribution is 0.0515. The van der Waals surface area contributed by atoms with Gasteiger partial charge in [-0.05, 0) is 82.2 Å². The highest BCUT2D eigenvalue weighted by atomic mass is 35.5. The number of unbranched alkanes of at least 4 members (excludes halogenated alkanes) is 1. The number of rotatable bonds is 9. The van der Waals surface area contributed by atoms with Gasteiger partial charge in [0.2, 0.25) is 5.88 Å². The van der Waals surface area contributed by atoms with E-state index >= 15 is 0 Å². The molecule has 2 aliphatic rings. The summed E-state index contributed by atoms with van der Waals surface area (Å²) >= 11 is 0. The first-order chi connectivity index (χ1) is 15.6. The fourth-order valence-electron chi connectivity index (χ4n) is 4.56. The Kier molecular flexibility index (Phi) is 11.8. The van der Waals surface area contributed by atoms with Crippen molar-refractivity contribution < 1.29 is 13.9 Å². The second-order valence-corrected chi connectivity index (χ2v) is 9.24. The summed E-state index contributed by atoms with van der Waals surface area (Å²) in [4.78, 5) is 0. The van der Waals surface area contributed by atoms with E-state index in [0.717, 1.165) is 54.7 Å². The highest BCUT2D eigenvalue weighted by Gasteiger charge is 2.32. The highest BCUT2D eigenvalue weighted by molar-refractivity contribution is 5.85.